The summed E-state index contributed by atoms with van der Waals surface area (Å²) in [5, 5.41) is 0. The van der Waals surface area contributed by atoms with Crippen molar-refractivity contribution in [3.63, 3.8) is 0 Å². The molecule has 1 aromatic carbocycles. The van der Waals surface area contributed by atoms with E-state index in [2.05, 4.69) is 4.98 Å². The zero-order valence-electron chi connectivity index (χ0n) is 10.0. The molecule has 0 spiro atoms. The summed E-state index contributed by atoms with van der Waals surface area (Å²) in [7, 11) is 3.34. The minimum Gasteiger partial charge on any atom is -0.497 e. The summed E-state index contributed by atoms with van der Waals surface area (Å²) in [5.74, 6) is 0.830. The lowest BCUT2D eigenvalue weighted by Gasteiger charge is -2.08. The smallest absolute Gasteiger partial charge is 0.119 e. The quantitative estimate of drug-likeness (QED) is 0.807. The molecule has 3 nitrogen and oxygen atoms in total. The van der Waals surface area contributed by atoms with Gasteiger partial charge in [-0.25, -0.2) is 0 Å². The van der Waals surface area contributed by atoms with Crippen LogP contribution >= 0.6 is 0 Å². The van der Waals surface area contributed by atoms with Gasteiger partial charge >= 0.3 is 0 Å². The second kappa shape index (κ2) is 5.46. The number of rotatable bonds is 4. The maximum absolute atomic E-state index is 5.22. The van der Waals surface area contributed by atoms with Crippen molar-refractivity contribution in [1.29, 1.82) is 0 Å². The molecule has 0 aliphatic heterocycles. The Hall–Kier alpha value is -1.87. The summed E-state index contributed by atoms with van der Waals surface area (Å²) >= 11 is 0. The molecule has 0 fully saturated rings. The Balaban J connectivity index is 2.44. The second-order valence-electron chi connectivity index (χ2n) is 3.68. The molecule has 17 heavy (non-hydrogen) atoms. The summed E-state index contributed by atoms with van der Waals surface area (Å²) in [5.41, 5.74) is 3.05. The monoisotopic (exact) mass is 229 g/mol. The summed E-state index contributed by atoms with van der Waals surface area (Å²) in [6.07, 6.45) is 1.79. The Labute approximate surface area is 101 Å². The summed E-state index contributed by atoms with van der Waals surface area (Å²) in [6, 6.07) is 11.8. The van der Waals surface area contributed by atoms with Crippen LogP contribution in [0.1, 0.15) is 5.56 Å². The van der Waals surface area contributed by atoms with Crippen molar-refractivity contribution in [1.82, 2.24) is 4.98 Å². The average molecular weight is 229 g/mol. The normalized spacial score (nSPS) is 10.2. The van der Waals surface area contributed by atoms with Crippen LogP contribution in [-0.4, -0.2) is 19.2 Å². The van der Waals surface area contributed by atoms with Gasteiger partial charge in [-0.05, 0) is 18.2 Å². The number of ether oxygens (including phenoxy) is 2. The molecule has 0 N–H and O–H groups in total. The van der Waals surface area contributed by atoms with Crippen LogP contribution in [0.5, 0.6) is 5.75 Å². The molecule has 0 bridgehead atoms. The van der Waals surface area contributed by atoms with E-state index in [0.29, 0.717) is 6.61 Å². The molecule has 2 aromatic rings. The standard InChI is InChI=1S/C14H15NO2/c1-16-10-12-6-4-8-15-14(12)11-5-3-7-13(9-11)17-2/h3-9H,10H2,1-2H3. The predicted molar refractivity (Wildman–Crippen MR) is 66.9 cm³/mol. The maximum atomic E-state index is 5.22. The highest BCUT2D eigenvalue weighted by Gasteiger charge is 2.06. The number of hydrogen-bond acceptors (Lipinski definition) is 3. The Bertz CT molecular complexity index is 497. The van der Waals surface area contributed by atoms with Crippen LogP contribution in [-0.2, 0) is 11.3 Å². The van der Waals surface area contributed by atoms with Gasteiger partial charge < -0.3 is 9.47 Å². The van der Waals surface area contributed by atoms with E-state index in [1.54, 1.807) is 20.4 Å². The first kappa shape index (κ1) is 11.6. The molecule has 0 aliphatic carbocycles. The lowest BCUT2D eigenvalue weighted by Crippen LogP contribution is -1.95. The highest BCUT2D eigenvalue weighted by Crippen LogP contribution is 2.25. The molecule has 1 aromatic heterocycles. The first-order chi connectivity index (χ1) is 8.35. The lowest BCUT2D eigenvalue weighted by atomic mass is 10.1. The average Bonchev–Trinajstić information content (AvgIpc) is 2.40. The van der Waals surface area contributed by atoms with Gasteiger partial charge in [-0.1, -0.05) is 18.2 Å². The van der Waals surface area contributed by atoms with Crippen molar-refractivity contribution >= 4 is 0 Å². The Morgan fingerprint density at radius 2 is 2.00 bits per heavy atom. The maximum Gasteiger partial charge on any atom is 0.119 e. The van der Waals surface area contributed by atoms with Gasteiger partial charge in [0, 0.05) is 24.4 Å². The Kier molecular flexibility index (Phi) is 3.73. The molecule has 0 atom stereocenters. The van der Waals surface area contributed by atoms with Crippen LogP contribution in [0.25, 0.3) is 11.3 Å². The molecule has 2 rings (SSSR count). The zero-order valence-corrected chi connectivity index (χ0v) is 10.0. The highest BCUT2D eigenvalue weighted by atomic mass is 16.5. The summed E-state index contributed by atoms with van der Waals surface area (Å²) in [4.78, 5) is 4.41. The fourth-order valence-corrected chi connectivity index (χ4v) is 1.74. The third-order valence-corrected chi connectivity index (χ3v) is 2.53. The first-order valence-corrected chi connectivity index (χ1v) is 5.42. The van der Waals surface area contributed by atoms with Gasteiger partial charge in [0.05, 0.1) is 19.4 Å². The molecule has 0 unspecified atom stereocenters. The van der Waals surface area contributed by atoms with E-state index in [1.165, 1.54) is 0 Å². The van der Waals surface area contributed by atoms with Crippen LogP contribution in [0, 0.1) is 0 Å². The summed E-state index contributed by atoms with van der Waals surface area (Å²) in [6.45, 7) is 0.556. The van der Waals surface area contributed by atoms with Crippen molar-refractivity contribution in [2.45, 2.75) is 6.61 Å². The third kappa shape index (κ3) is 2.63. The molecule has 0 radical (unpaired) electrons. The van der Waals surface area contributed by atoms with E-state index in [1.807, 2.05) is 36.4 Å². The third-order valence-electron chi connectivity index (χ3n) is 2.53. The van der Waals surface area contributed by atoms with E-state index < -0.39 is 0 Å². The van der Waals surface area contributed by atoms with Crippen molar-refractivity contribution in [3.05, 3.63) is 48.2 Å². The van der Waals surface area contributed by atoms with Crippen LogP contribution in [0.4, 0.5) is 0 Å². The van der Waals surface area contributed by atoms with Gasteiger partial charge in [-0.2, -0.15) is 0 Å². The number of pyridine rings is 1. The topological polar surface area (TPSA) is 31.4 Å². The van der Waals surface area contributed by atoms with E-state index in [4.69, 9.17) is 9.47 Å². The van der Waals surface area contributed by atoms with Crippen LogP contribution in [0.15, 0.2) is 42.6 Å². The van der Waals surface area contributed by atoms with Crippen LogP contribution in [0.3, 0.4) is 0 Å². The zero-order chi connectivity index (χ0) is 12.1. The van der Waals surface area contributed by atoms with Gasteiger partial charge in [-0.3, -0.25) is 4.98 Å². The minimum absolute atomic E-state index is 0.556. The molecule has 0 aliphatic rings. The molecule has 0 saturated heterocycles. The lowest BCUT2D eigenvalue weighted by molar-refractivity contribution is 0.185. The summed E-state index contributed by atoms with van der Waals surface area (Å²) < 4.78 is 10.4. The Morgan fingerprint density at radius 3 is 2.76 bits per heavy atom. The van der Waals surface area contributed by atoms with E-state index >= 15 is 0 Å². The molecule has 88 valence electrons. The van der Waals surface area contributed by atoms with Crippen LogP contribution in [0.2, 0.25) is 0 Å². The number of hydrogen-bond donors (Lipinski definition) is 0. The second-order valence-corrected chi connectivity index (χ2v) is 3.68. The number of methoxy groups -OCH3 is 2. The molecular formula is C14H15NO2. The molecule has 1 heterocycles. The van der Waals surface area contributed by atoms with Crippen molar-refractivity contribution in [3.8, 4) is 17.0 Å². The first-order valence-electron chi connectivity index (χ1n) is 5.42. The largest absolute Gasteiger partial charge is 0.497 e. The van der Waals surface area contributed by atoms with Gasteiger partial charge in [0.15, 0.2) is 0 Å². The van der Waals surface area contributed by atoms with E-state index in [-0.39, 0.29) is 0 Å². The van der Waals surface area contributed by atoms with E-state index in [0.717, 1.165) is 22.6 Å². The van der Waals surface area contributed by atoms with Crippen molar-refractivity contribution in [2.24, 2.45) is 0 Å². The van der Waals surface area contributed by atoms with Crippen molar-refractivity contribution < 1.29 is 9.47 Å². The van der Waals surface area contributed by atoms with Crippen molar-refractivity contribution in [2.75, 3.05) is 14.2 Å². The van der Waals surface area contributed by atoms with Crippen LogP contribution < -0.4 is 4.74 Å². The fraction of sp³-hybridized carbons (Fsp3) is 0.214. The van der Waals surface area contributed by atoms with Gasteiger partial charge in [0.1, 0.15) is 5.75 Å². The molecule has 0 amide bonds. The number of benzene rings is 1. The Morgan fingerprint density at radius 1 is 1.12 bits per heavy atom. The predicted octanol–water partition coefficient (Wildman–Crippen LogP) is 2.90. The molecular weight excluding hydrogens is 214 g/mol. The molecule has 0 saturated carbocycles. The van der Waals surface area contributed by atoms with E-state index in [9.17, 15) is 0 Å². The number of aromatic nitrogens is 1. The van der Waals surface area contributed by atoms with Gasteiger partial charge in [-0.15, -0.1) is 0 Å². The number of nitrogens with zero attached hydrogens (tertiary/aromatic N) is 1. The fourth-order valence-electron chi connectivity index (χ4n) is 1.74. The minimum atomic E-state index is 0.556. The van der Waals surface area contributed by atoms with Gasteiger partial charge in [0.25, 0.3) is 0 Å². The SMILES string of the molecule is COCc1cccnc1-c1cccc(OC)c1. The highest BCUT2D eigenvalue weighted by molar-refractivity contribution is 5.64. The van der Waals surface area contributed by atoms with Gasteiger partial charge in [0.2, 0.25) is 0 Å². The molecule has 3 heteroatoms.